The Balaban J connectivity index is 2.27. The Bertz CT molecular complexity index is 770. The van der Waals surface area contributed by atoms with Gasteiger partial charge < -0.3 is 4.74 Å². The zero-order valence-corrected chi connectivity index (χ0v) is 13.2. The van der Waals surface area contributed by atoms with Gasteiger partial charge in [0.1, 0.15) is 12.4 Å². The number of carbonyl (C=O) groups excluding carboxylic acids is 1. The third kappa shape index (κ3) is 4.60. The summed E-state index contributed by atoms with van der Waals surface area (Å²) in [5, 5.41) is 0. The van der Waals surface area contributed by atoms with Crippen LogP contribution in [0.3, 0.4) is 0 Å². The van der Waals surface area contributed by atoms with Crippen molar-refractivity contribution in [2.24, 2.45) is 0 Å². The fourth-order valence-corrected chi connectivity index (χ4v) is 2.45. The Morgan fingerprint density at radius 1 is 1.14 bits per heavy atom. The van der Waals surface area contributed by atoms with Crippen LogP contribution < -0.4 is 9.46 Å². The molecule has 116 valence electrons. The molecular weight excluding hydrogens is 302 g/mol. The van der Waals surface area contributed by atoms with Gasteiger partial charge in [-0.05, 0) is 30.7 Å². The molecule has 2 aromatic carbocycles. The van der Waals surface area contributed by atoms with E-state index in [0.717, 1.165) is 11.8 Å². The van der Waals surface area contributed by atoms with E-state index in [9.17, 15) is 13.2 Å². The molecule has 0 saturated heterocycles. The fraction of sp³-hybridized carbons (Fsp3) is 0.188. The average Bonchev–Trinajstić information content (AvgIpc) is 2.45. The van der Waals surface area contributed by atoms with Crippen LogP contribution in [0.5, 0.6) is 5.75 Å². The summed E-state index contributed by atoms with van der Waals surface area (Å²) in [5.74, 6) is 0.227. The molecule has 0 heterocycles. The van der Waals surface area contributed by atoms with E-state index in [1.807, 2.05) is 30.3 Å². The lowest BCUT2D eigenvalue weighted by molar-refractivity contribution is 0.101. The third-order valence-corrected chi connectivity index (χ3v) is 3.51. The molecular formula is C16H17NO4S. The van der Waals surface area contributed by atoms with Crippen molar-refractivity contribution in [2.75, 3.05) is 11.0 Å². The van der Waals surface area contributed by atoms with Gasteiger partial charge in [0.2, 0.25) is 10.0 Å². The number of anilines is 1. The van der Waals surface area contributed by atoms with Gasteiger partial charge in [-0.1, -0.05) is 30.3 Å². The highest BCUT2D eigenvalue weighted by Gasteiger charge is 2.12. The number of benzene rings is 2. The van der Waals surface area contributed by atoms with Gasteiger partial charge in [0, 0.05) is 5.56 Å². The molecule has 0 unspecified atom stereocenters. The van der Waals surface area contributed by atoms with Crippen LogP contribution in [-0.4, -0.2) is 20.5 Å². The lowest BCUT2D eigenvalue weighted by Crippen LogP contribution is -2.11. The van der Waals surface area contributed by atoms with E-state index in [2.05, 4.69) is 4.72 Å². The number of hydrogen-bond acceptors (Lipinski definition) is 4. The molecule has 0 spiro atoms. The minimum Gasteiger partial charge on any atom is -0.487 e. The second kappa shape index (κ2) is 6.62. The van der Waals surface area contributed by atoms with Crippen molar-refractivity contribution >= 4 is 21.5 Å². The molecule has 0 bridgehead atoms. The molecule has 6 heteroatoms. The highest BCUT2D eigenvalue weighted by molar-refractivity contribution is 7.92. The van der Waals surface area contributed by atoms with E-state index in [4.69, 9.17) is 4.74 Å². The Labute approximate surface area is 130 Å². The van der Waals surface area contributed by atoms with Gasteiger partial charge in [-0.3, -0.25) is 9.52 Å². The first kappa shape index (κ1) is 16.0. The molecule has 0 aliphatic heterocycles. The highest BCUT2D eigenvalue weighted by atomic mass is 32.2. The fourth-order valence-electron chi connectivity index (χ4n) is 1.89. The summed E-state index contributed by atoms with van der Waals surface area (Å²) >= 11 is 0. The summed E-state index contributed by atoms with van der Waals surface area (Å²) in [6, 6.07) is 14.2. The number of hydrogen-bond donors (Lipinski definition) is 1. The first-order valence-corrected chi connectivity index (χ1v) is 8.54. The van der Waals surface area contributed by atoms with Crippen molar-refractivity contribution in [3.63, 3.8) is 0 Å². The Hall–Kier alpha value is -2.34. The molecule has 0 atom stereocenters. The average molecular weight is 319 g/mol. The number of carbonyl (C=O) groups is 1. The van der Waals surface area contributed by atoms with Gasteiger partial charge in [0.05, 0.1) is 11.9 Å². The van der Waals surface area contributed by atoms with Gasteiger partial charge in [-0.15, -0.1) is 0 Å². The second-order valence-corrected chi connectivity index (χ2v) is 6.66. The summed E-state index contributed by atoms with van der Waals surface area (Å²) in [7, 11) is -3.47. The van der Waals surface area contributed by atoms with E-state index in [1.165, 1.54) is 13.0 Å². The van der Waals surface area contributed by atoms with Crippen LogP contribution in [0.4, 0.5) is 5.69 Å². The van der Waals surface area contributed by atoms with Gasteiger partial charge in [0.25, 0.3) is 0 Å². The minimum absolute atomic E-state index is 0.147. The van der Waals surface area contributed by atoms with Gasteiger partial charge in [-0.2, -0.15) is 0 Å². The normalized spacial score (nSPS) is 11.0. The van der Waals surface area contributed by atoms with Crippen LogP contribution in [0.15, 0.2) is 48.5 Å². The maximum atomic E-state index is 11.5. The molecule has 0 saturated carbocycles. The molecule has 0 aliphatic carbocycles. The van der Waals surface area contributed by atoms with Crippen molar-refractivity contribution in [3.8, 4) is 5.75 Å². The van der Waals surface area contributed by atoms with Crippen LogP contribution in [0.2, 0.25) is 0 Å². The maximum Gasteiger partial charge on any atom is 0.229 e. The Morgan fingerprint density at radius 3 is 2.41 bits per heavy atom. The molecule has 0 fully saturated rings. The van der Waals surface area contributed by atoms with Crippen LogP contribution in [0.1, 0.15) is 22.8 Å². The van der Waals surface area contributed by atoms with E-state index in [-0.39, 0.29) is 11.5 Å². The van der Waals surface area contributed by atoms with Crippen molar-refractivity contribution in [3.05, 3.63) is 59.7 Å². The SMILES string of the molecule is CC(=O)c1ccc(OCc2ccccc2)c(NS(C)(=O)=O)c1. The summed E-state index contributed by atoms with van der Waals surface area (Å²) in [4.78, 5) is 11.4. The van der Waals surface area contributed by atoms with Gasteiger partial charge in [-0.25, -0.2) is 8.42 Å². The van der Waals surface area contributed by atoms with Crippen LogP contribution in [0, 0.1) is 0 Å². The largest absolute Gasteiger partial charge is 0.487 e. The Morgan fingerprint density at radius 2 is 1.82 bits per heavy atom. The van der Waals surface area contributed by atoms with Gasteiger partial charge >= 0.3 is 0 Å². The van der Waals surface area contributed by atoms with Gasteiger partial charge in [0.15, 0.2) is 5.78 Å². The number of Topliss-reactive ketones (excluding diaryl/α,β-unsaturated/α-hetero) is 1. The van der Waals surface area contributed by atoms with E-state index >= 15 is 0 Å². The third-order valence-electron chi connectivity index (χ3n) is 2.92. The first-order valence-electron chi connectivity index (χ1n) is 6.64. The first-order chi connectivity index (χ1) is 10.3. The lowest BCUT2D eigenvalue weighted by atomic mass is 10.1. The molecule has 22 heavy (non-hydrogen) atoms. The minimum atomic E-state index is -3.47. The number of ether oxygens (including phenoxy) is 1. The number of rotatable bonds is 6. The molecule has 2 rings (SSSR count). The zero-order chi connectivity index (χ0) is 16.2. The smallest absolute Gasteiger partial charge is 0.229 e. The molecule has 0 aliphatic rings. The predicted molar refractivity (Wildman–Crippen MR) is 85.7 cm³/mol. The van der Waals surface area contributed by atoms with Crippen molar-refractivity contribution in [2.45, 2.75) is 13.5 Å². The number of nitrogens with one attached hydrogen (secondary N) is 1. The van der Waals surface area contributed by atoms with Crippen molar-refractivity contribution in [1.82, 2.24) is 0 Å². The summed E-state index contributed by atoms with van der Waals surface area (Å²) in [6.07, 6.45) is 1.05. The lowest BCUT2D eigenvalue weighted by Gasteiger charge is -2.13. The zero-order valence-electron chi connectivity index (χ0n) is 12.4. The standard InChI is InChI=1S/C16H17NO4S/c1-12(18)14-8-9-16(15(10-14)17-22(2,19)20)21-11-13-6-4-3-5-7-13/h3-10,17H,11H2,1-2H3. The molecule has 2 aromatic rings. The maximum absolute atomic E-state index is 11.5. The molecule has 0 aromatic heterocycles. The second-order valence-electron chi connectivity index (χ2n) is 4.92. The van der Waals surface area contributed by atoms with Crippen molar-refractivity contribution in [1.29, 1.82) is 0 Å². The molecule has 5 nitrogen and oxygen atoms in total. The molecule has 1 N–H and O–H groups in total. The van der Waals surface area contributed by atoms with E-state index in [1.54, 1.807) is 12.1 Å². The molecule has 0 radical (unpaired) electrons. The quantitative estimate of drug-likeness (QED) is 0.831. The summed E-state index contributed by atoms with van der Waals surface area (Å²) < 4.78 is 31.0. The predicted octanol–water partition coefficient (Wildman–Crippen LogP) is 2.84. The van der Waals surface area contributed by atoms with Crippen molar-refractivity contribution < 1.29 is 17.9 Å². The summed E-state index contributed by atoms with van der Waals surface area (Å²) in [5.41, 5.74) is 1.63. The Kier molecular flexibility index (Phi) is 4.82. The number of sulfonamides is 1. The molecule has 0 amide bonds. The van der Waals surface area contributed by atoms with E-state index < -0.39 is 10.0 Å². The van der Waals surface area contributed by atoms with Crippen LogP contribution >= 0.6 is 0 Å². The highest BCUT2D eigenvalue weighted by Crippen LogP contribution is 2.27. The summed E-state index contributed by atoms with van der Waals surface area (Å²) in [6.45, 7) is 1.72. The monoisotopic (exact) mass is 319 g/mol. The van der Waals surface area contributed by atoms with Crippen LogP contribution in [-0.2, 0) is 16.6 Å². The number of ketones is 1. The van der Waals surface area contributed by atoms with Crippen LogP contribution in [0.25, 0.3) is 0 Å². The van der Waals surface area contributed by atoms with E-state index in [0.29, 0.717) is 17.9 Å². The topological polar surface area (TPSA) is 72.5 Å².